The molecule has 130 valence electrons. The summed E-state index contributed by atoms with van der Waals surface area (Å²) in [5.74, 6) is 0.213. The van der Waals surface area contributed by atoms with E-state index in [0.29, 0.717) is 29.5 Å². The van der Waals surface area contributed by atoms with Crippen LogP contribution in [-0.4, -0.2) is 32.0 Å². The standard InChI is InChI=1S/C17H19N5O3/c1-4-25-11-8-6-5-7-10(11)22-16-13(20-17(22)24)12(14(18)23)19-15(21-16)9(2)3/h5-9H,4H2,1-3H3,(H2,18,23)(H,20,24). The molecule has 3 N–H and O–H groups in total. The fourth-order valence-corrected chi connectivity index (χ4v) is 2.58. The molecular formula is C17H19N5O3. The first-order valence-corrected chi connectivity index (χ1v) is 7.98. The highest BCUT2D eigenvalue weighted by Crippen LogP contribution is 2.25. The summed E-state index contributed by atoms with van der Waals surface area (Å²) in [6, 6.07) is 7.13. The molecule has 0 spiro atoms. The summed E-state index contributed by atoms with van der Waals surface area (Å²) in [4.78, 5) is 35.7. The number of hydrogen-bond acceptors (Lipinski definition) is 5. The highest BCUT2D eigenvalue weighted by molar-refractivity contribution is 6.01. The molecule has 0 fully saturated rings. The first kappa shape index (κ1) is 16.7. The van der Waals surface area contributed by atoms with Crippen LogP contribution in [0.1, 0.15) is 43.0 Å². The minimum Gasteiger partial charge on any atom is -0.492 e. The fourth-order valence-electron chi connectivity index (χ4n) is 2.58. The molecule has 2 heterocycles. The molecule has 3 aromatic rings. The van der Waals surface area contributed by atoms with E-state index in [0.717, 1.165) is 0 Å². The van der Waals surface area contributed by atoms with Crippen LogP contribution in [0.3, 0.4) is 0 Å². The molecule has 0 aliphatic carbocycles. The van der Waals surface area contributed by atoms with E-state index in [4.69, 9.17) is 10.5 Å². The van der Waals surface area contributed by atoms with Crippen molar-refractivity contribution in [3.05, 3.63) is 46.3 Å². The van der Waals surface area contributed by atoms with Gasteiger partial charge in [-0.15, -0.1) is 0 Å². The van der Waals surface area contributed by atoms with Gasteiger partial charge < -0.3 is 15.5 Å². The number of nitrogens with zero attached hydrogens (tertiary/aromatic N) is 3. The molecule has 0 radical (unpaired) electrons. The largest absolute Gasteiger partial charge is 0.492 e. The van der Waals surface area contributed by atoms with E-state index in [-0.39, 0.29) is 17.1 Å². The molecule has 1 aromatic carbocycles. The summed E-state index contributed by atoms with van der Waals surface area (Å²) in [6.07, 6.45) is 0. The van der Waals surface area contributed by atoms with Gasteiger partial charge in [0.2, 0.25) is 0 Å². The van der Waals surface area contributed by atoms with Gasteiger partial charge >= 0.3 is 5.69 Å². The van der Waals surface area contributed by atoms with Crippen molar-refractivity contribution in [2.24, 2.45) is 5.73 Å². The zero-order valence-electron chi connectivity index (χ0n) is 14.2. The van der Waals surface area contributed by atoms with Gasteiger partial charge in [0.05, 0.1) is 12.3 Å². The maximum absolute atomic E-state index is 12.6. The number of nitrogens with two attached hydrogens (primary N) is 1. The highest BCUT2D eigenvalue weighted by Gasteiger charge is 2.21. The second-order valence-corrected chi connectivity index (χ2v) is 5.81. The summed E-state index contributed by atoms with van der Waals surface area (Å²) in [7, 11) is 0. The fraction of sp³-hybridized carbons (Fsp3) is 0.294. The van der Waals surface area contributed by atoms with Crippen LogP contribution in [0.15, 0.2) is 29.1 Å². The van der Waals surface area contributed by atoms with Gasteiger partial charge in [-0.2, -0.15) is 0 Å². The Labute approximate surface area is 143 Å². The lowest BCUT2D eigenvalue weighted by atomic mass is 10.2. The zero-order chi connectivity index (χ0) is 18.1. The van der Waals surface area contributed by atoms with E-state index in [1.165, 1.54) is 4.57 Å². The third-order valence-corrected chi connectivity index (χ3v) is 3.71. The molecule has 2 aromatic heterocycles. The number of aromatic nitrogens is 4. The Hall–Kier alpha value is -3.16. The van der Waals surface area contributed by atoms with Crippen LogP contribution in [0, 0.1) is 0 Å². The molecule has 25 heavy (non-hydrogen) atoms. The van der Waals surface area contributed by atoms with Crippen molar-refractivity contribution in [2.45, 2.75) is 26.7 Å². The Balaban J connectivity index is 2.39. The Morgan fingerprint density at radius 3 is 2.68 bits per heavy atom. The van der Waals surface area contributed by atoms with Crippen molar-refractivity contribution in [3.8, 4) is 11.4 Å². The van der Waals surface area contributed by atoms with Crippen LogP contribution < -0.4 is 16.2 Å². The number of primary amides is 1. The number of carbonyl (C=O) groups is 1. The molecule has 0 aliphatic heterocycles. The van der Waals surface area contributed by atoms with Crippen molar-refractivity contribution in [2.75, 3.05) is 6.61 Å². The summed E-state index contributed by atoms with van der Waals surface area (Å²) in [5, 5.41) is 0. The minimum absolute atomic E-state index is 0.00144. The van der Waals surface area contributed by atoms with Gasteiger partial charge in [0, 0.05) is 5.92 Å². The van der Waals surface area contributed by atoms with Gasteiger partial charge in [-0.05, 0) is 19.1 Å². The van der Waals surface area contributed by atoms with Crippen LogP contribution in [-0.2, 0) is 0 Å². The number of nitrogens with one attached hydrogen (secondary N) is 1. The normalized spacial score (nSPS) is 11.2. The van der Waals surface area contributed by atoms with Gasteiger partial charge in [-0.3, -0.25) is 4.79 Å². The topological polar surface area (TPSA) is 116 Å². The molecule has 3 rings (SSSR count). The van der Waals surface area contributed by atoms with Gasteiger partial charge in [-0.1, -0.05) is 26.0 Å². The number of amides is 1. The summed E-state index contributed by atoms with van der Waals surface area (Å²) in [5.41, 5.74) is 6.04. The monoisotopic (exact) mass is 341 g/mol. The van der Waals surface area contributed by atoms with E-state index < -0.39 is 11.6 Å². The second-order valence-electron chi connectivity index (χ2n) is 5.81. The molecular weight excluding hydrogens is 322 g/mol. The molecule has 0 saturated carbocycles. The maximum Gasteiger partial charge on any atom is 0.332 e. The molecule has 8 heteroatoms. The summed E-state index contributed by atoms with van der Waals surface area (Å²) >= 11 is 0. The third-order valence-electron chi connectivity index (χ3n) is 3.71. The summed E-state index contributed by atoms with van der Waals surface area (Å²) in [6.45, 7) is 6.11. The van der Waals surface area contributed by atoms with Crippen LogP contribution >= 0.6 is 0 Å². The number of para-hydroxylation sites is 2. The smallest absolute Gasteiger partial charge is 0.332 e. The lowest BCUT2D eigenvalue weighted by Crippen LogP contribution is -2.17. The van der Waals surface area contributed by atoms with E-state index in [2.05, 4.69) is 15.0 Å². The highest BCUT2D eigenvalue weighted by atomic mass is 16.5. The number of aromatic amines is 1. The van der Waals surface area contributed by atoms with E-state index in [1.807, 2.05) is 26.8 Å². The second kappa shape index (κ2) is 6.39. The molecule has 1 amide bonds. The Bertz CT molecular complexity index is 1000. The molecule has 8 nitrogen and oxygen atoms in total. The number of imidazole rings is 1. The van der Waals surface area contributed by atoms with Crippen molar-refractivity contribution in [3.63, 3.8) is 0 Å². The van der Waals surface area contributed by atoms with Crippen LogP contribution in [0.2, 0.25) is 0 Å². The Morgan fingerprint density at radius 2 is 2.04 bits per heavy atom. The maximum atomic E-state index is 12.6. The number of H-pyrrole nitrogens is 1. The van der Waals surface area contributed by atoms with Crippen molar-refractivity contribution in [1.82, 2.24) is 19.5 Å². The quantitative estimate of drug-likeness (QED) is 0.733. The van der Waals surface area contributed by atoms with Crippen LogP contribution in [0.5, 0.6) is 5.75 Å². The predicted molar refractivity (Wildman–Crippen MR) is 93.3 cm³/mol. The number of carbonyl (C=O) groups excluding carboxylic acids is 1. The zero-order valence-corrected chi connectivity index (χ0v) is 14.2. The van der Waals surface area contributed by atoms with Crippen LogP contribution in [0.25, 0.3) is 16.9 Å². The Kier molecular flexibility index (Phi) is 4.26. The van der Waals surface area contributed by atoms with E-state index >= 15 is 0 Å². The van der Waals surface area contributed by atoms with Gasteiger partial charge in [0.1, 0.15) is 17.1 Å². The van der Waals surface area contributed by atoms with Gasteiger partial charge in [0.25, 0.3) is 5.91 Å². The molecule has 0 aliphatic rings. The first-order valence-electron chi connectivity index (χ1n) is 7.98. The molecule has 0 unspecified atom stereocenters. The number of ether oxygens (including phenoxy) is 1. The number of rotatable bonds is 5. The minimum atomic E-state index is -0.721. The number of fused-ring (bicyclic) bond motifs is 1. The van der Waals surface area contributed by atoms with Crippen LogP contribution in [0.4, 0.5) is 0 Å². The molecule has 0 saturated heterocycles. The first-order chi connectivity index (χ1) is 11.9. The van der Waals surface area contributed by atoms with Crippen molar-refractivity contribution in [1.29, 1.82) is 0 Å². The van der Waals surface area contributed by atoms with E-state index in [9.17, 15) is 9.59 Å². The lowest BCUT2D eigenvalue weighted by Gasteiger charge is -2.11. The number of hydrogen-bond donors (Lipinski definition) is 2. The predicted octanol–water partition coefficient (Wildman–Crippen LogP) is 1.73. The van der Waals surface area contributed by atoms with Gasteiger partial charge in [0.15, 0.2) is 11.3 Å². The average molecular weight is 341 g/mol. The number of benzene rings is 1. The van der Waals surface area contributed by atoms with Gasteiger partial charge in [-0.25, -0.2) is 19.3 Å². The van der Waals surface area contributed by atoms with Crippen molar-refractivity contribution < 1.29 is 9.53 Å². The average Bonchev–Trinajstić information content (AvgIpc) is 2.90. The molecule has 0 bridgehead atoms. The van der Waals surface area contributed by atoms with E-state index in [1.54, 1.807) is 18.2 Å². The van der Waals surface area contributed by atoms with Crippen molar-refractivity contribution >= 4 is 17.1 Å². The Morgan fingerprint density at radius 1 is 1.32 bits per heavy atom. The summed E-state index contributed by atoms with van der Waals surface area (Å²) < 4.78 is 6.99. The third kappa shape index (κ3) is 2.86. The lowest BCUT2D eigenvalue weighted by molar-refractivity contribution is 0.0996. The molecule has 0 atom stereocenters. The SMILES string of the molecule is CCOc1ccccc1-n1c(=O)[nH]c2c(C(N)=O)nc(C(C)C)nc21.